The molecule has 0 radical (unpaired) electrons. The summed E-state index contributed by atoms with van der Waals surface area (Å²) in [5, 5.41) is 19.2. The van der Waals surface area contributed by atoms with Crippen molar-refractivity contribution in [3.63, 3.8) is 0 Å². The van der Waals surface area contributed by atoms with Crippen LogP contribution in [0.1, 0.15) is 148 Å². The number of allylic oxidation sites excluding steroid dienone is 14. The van der Waals surface area contributed by atoms with Crippen molar-refractivity contribution in [3.05, 3.63) is 111 Å². The summed E-state index contributed by atoms with van der Waals surface area (Å²) in [7, 11) is 0. The Labute approximate surface area is 275 Å². The Hall–Kier alpha value is -3.33. The second-order valence-electron chi connectivity index (χ2n) is 13.2. The Morgan fingerprint density at radius 1 is 0.533 bits per heavy atom. The highest BCUT2D eigenvalue weighted by Crippen LogP contribution is 2.21. The molecule has 0 fully saturated rings. The van der Waals surface area contributed by atoms with Crippen LogP contribution in [-0.4, -0.2) is 16.2 Å². The van der Waals surface area contributed by atoms with Gasteiger partial charge in [0.25, 0.3) is 0 Å². The SMILES string of the molecule is CC(C)=CCC/C(C)=C/CC/C(C)=C/CC/C(C)=C/CC/C(C)=C/CC/C(C)=C/CC/C(C)=C/Cc1cc(C(=O)O)ccc1O. The molecule has 0 spiro atoms. The smallest absolute Gasteiger partial charge is 0.335 e. The Morgan fingerprint density at radius 3 is 1.20 bits per heavy atom. The van der Waals surface area contributed by atoms with Crippen molar-refractivity contribution in [2.45, 2.75) is 139 Å². The summed E-state index contributed by atoms with van der Waals surface area (Å²) < 4.78 is 0. The Kier molecular flexibility index (Phi) is 20.4. The van der Waals surface area contributed by atoms with Crippen LogP contribution in [0, 0.1) is 0 Å². The number of aromatic carboxylic acids is 1. The van der Waals surface area contributed by atoms with Gasteiger partial charge in [0.15, 0.2) is 0 Å². The quantitative estimate of drug-likeness (QED) is 0.135. The third kappa shape index (κ3) is 20.3. The first-order valence-corrected chi connectivity index (χ1v) is 17.0. The number of aromatic hydroxyl groups is 1. The van der Waals surface area contributed by atoms with Crippen LogP contribution >= 0.6 is 0 Å². The lowest BCUT2D eigenvalue weighted by atomic mass is 10.0. The fraction of sp³-hybridized carbons (Fsp3) is 0.500. The van der Waals surface area contributed by atoms with Crippen molar-refractivity contribution >= 4 is 5.97 Å². The van der Waals surface area contributed by atoms with Gasteiger partial charge in [0, 0.05) is 0 Å². The van der Waals surface area contributed by atoms with E-state index in [-0.39, 0.29) is 11.3 Å². The molecular formula is C42H62O3. The van der Waals surface area contributed by atoms with E-state index in [1.165, 1.54) is 57.6 Å². The molecule has 1 aromatic carbocycles. The molecule has 3 nitrogen and oxygen atoms in total. The molecule has 3 heteroatoms. The van der Waals surface area contributed by atoms with E-state index in [9.17, 15) is 15.0 Å². The second-order valence-corrected chi connectivity index (χ2v) is 13.2. The first-order chi connectivity index (χ1) is 21.4. The highest BCUT2D eigenvalue weighted by atomic mass is 16.4. The van der Waals surface area contributed by atoms with Crippen molar-refractivity contribution in [3.8, 4) is 5.75 Å². The Morgan fingerprint density at radius 2 is 0.867 bits per heavy atom. The number of hydrogen-bond donors (Lipinski definition) is 2. The first-order valence-electron chi connectivity index (χ1n) is 17.0. The Bertz CT molecular complexity index is 1270. The van der Waals surface area contributed by atoms with Crippen LogP contribution in [0.2, 0.25) is 0 Å². The van der Waals surface area contributed by atoms with Crippen LogP contribution in [0.25, 0.3) is 0 Å². The van der Waals surface area contributed by atoms with Gasteiger partial charge in [-0.25, -0.2) is 4.79 Å². The number of benzene rings is 1. The molecule has 2 N–H and O–H groups in total. The van der Waals surface area contributed by atoms with Gasteiger partial charge in [-0.15, -0.1) is 0 Å². The van der Waals surface area contributed by atoms with Crippen LogP contribution in [0.4, 0.5) is 0 Å². The molecule has 0 aliphatic rings. The van der Waals surface area contributed by atoms with Crippen molar-refractivity contribution in [2.24, 2.45) is 0 Å². The average Bonchev–Trinajstić information content (AvgIpc) is 2.96. The minimum absolute atomic E-state index is 0.142. The number of phenolic OH excluding ortho intramolecular Hbond substituents is 1. The molecule has 0 saturated carbocycles. The van der Waals surface area contributed by atoms with Crippen LogP contribution in [0.15, 0.2) is 99.7 Å². The van der Waals surface area contributed by atoms with Gasteiger partial charge in [0.05, 0.1) is 5.56 Å². The zero-order valence-electron chi connectivity index (χ0n) is 29.8. The number of rotatable bonds is 21. The monoisotopic (exact) mass is 614 g/mol. The normalized spacial score (nSPS) is 13.8. The standard InChI is InChI=1S/C42H62O3/c1-32(2)15-9-16-33(3)17-10-18-34(4)19-11-20-35(5)21-12-22-36(6)23-13-24-37(7)25-14-26-38(8)27-28-39-31-40(42(44)45)29-30-41(39)43/h15,17,19,21,23,25,27,29-31,43H,9-14,16,18,20,22,24,26,28H2,1-8H3,(H,44,45)/b33-17+,34-19+,35-21+,36-23+,37-25+,38-27+. The number of carbonyl (C=O) groups is 1. The van der Waals surface area contributed by atoms with Gasteiger partial charge in [-0.05, 0) is 163 Å². The lowest BCUT2D eigenvalue weighted by Gasteiger charge is -2.05. The molecule has 0 saturated heterocycles. The molecule has 0 amide bonds. The van der Waals surface area contributed by atoms with Crippen molar-refractivity contribution < 1.29 is 15.0 Å². The lowest BCUT2D eigenvalue weighted by molar-refractivity contribution is 0.0696. The molecule has 1 aromatic rings. The predicted octanol–water partition coefficient (Wildman–Crippen LogP) is 13.0. The minimum Gasteiger partial charge on any atom is -0.508 e. The van der Waals surface area contributed by atoms with Crippen molar-refractivity contribution in [1.29, 1.82) is 0 Å². The van der Waals surface area contributed by atoms with Gasteiger partial charge >= 0.3 is 5.97 Å². The first kappa shape index (κ1) is 39.7. The maximum atomic E-state index is 11.2. The molecule has 0 bridgehead atoms. The highest BCUT2D eigenvalue weighted by Gasteiger charge is 2.07. The topological polar surface area (TPSA) is 57.5 Å². The summed E-state index contributed by atoms with van der Waals surface area (Å²) in [6.07, 6.45) is 30.2. The minimum atomic E-state index is -0.977. The van der Waals surface area contributed by atoms with E-state index in [1.54, 1.807) is 6.07 Å². The fourth-order valence-electron chi connectivity index (χ4n) is 5.10. The highest BCUT2D eigenvalue weighted by molar-refractivity contribution is 5.88. The van der Waals surface area contributed by atoms with E-state index in [4.69, 9.17) is 0 Å². The summed E-state index contributed by atoms with van der Waals surface area (Å²) in [5.41, 5.74) is 10.9. The zero-order chi connectivity index (χ0) is 33.6. The van der Waals surface area contributed by atoms with E-state index in [0.717, 1.165) is 70.6 Å². The average molecular weight is 615 g/mol. The van der Waals surface area contributed by atoms with Gasteiger partial charge in [-0.1, -0.05) is 81.5 Å². The van der Waals surface area contributed by atoms with Crippen LogP contribution in [-0.2, 0) is 6.42 Å². The Balaban J connectivity index is 2.30. The number of carboxylic acids is 1. The van der Waals surface area contributed by atoms with E-state index in [2.05, 4.69) is 97.9 Å². The van der Waals surface area contributed by atoms with E-state index in [1.807, 2.05) is 0 Å². The van der Waals surface area contributed by atoms with E-state index in [0.29, 0.717) is 12.0 Å². The maximum Gasteiger partial charge on any atom is 0.335 e. The second kappa shape index (κ2) is 23.1. The summed E-state index contributed by atoms with van der Waals surface area (Å²) in [6.45, 7) is 17.7. The summed E-state index contributed by atoms with van der Waals surface area (Å²) in [4.78, 5) is 11.2. The van der Waals surface area contributed by atoms with Crippen LogP contribution in [0.3, 0.4) is 0 Å². The molecular weight excluding hydrogens is 552 g/mol. The van der Waals surface area contributed by atoms with Gasteiger partial charge in [0.2, 0.25) is 0 Å². The van der Waals surface area contributed by atoms with Crippen molar-refractivity contribution in [2.75, 3.05) is 0 Å². The molecule has 0 aromatic heterocycles. The van der Waals surface area contributed by atoms with Gasteiger partial charge in [-0.3, -0.25) is 0 Å². The maximum absolute atomic E-state index is 11.2. The third-order valence-electron chi connectivity index (χ3n) is 8.25. The molecule has 248 valence electrons. The summed E-state index contributed by atoms with van der Waals surface area (Å²) in [5.74, 6) is -0.835. The number of phenols is 1. The molecule has 0 heterocycles. The van der Waals surface area contributed by atoms with Crippen LogP contribution in [0.5, 0.6) is 5.75 Å². The molecule has 45 heavy (non-hydrogen) atoms. The van der Waals surface area contributed by atoms with E-state index >= 15 is 0 Å². The van der Waals surface area contributed by atoms with E-state index < -0.39 is 5.97 Å². The largest absolute Gasteiger partial charge is 0.508 e. The van der Waals surface area contributed by atoms with Crippen molar-refractivity contribution in [1.82, 2.24) is 0 Å². The molecule has 0 aliphatic carbocycles. The summed E-state index contributed by atoms with van der Waals surface area (Å²) in [6, 6.07) is 4.44. The summed E-state index contributed by atoms with van der Waals surface area (Å²) >= 11 is 0. The molecule has 0 aliphatic heterocycles. The van der Waals surface area contributed by atoms with Gasteiger partial charge in [-0.2, -0.15) is 0 Å². The zero-order valence-corrected chi connectivity index (χ0v) is 29.8. The van der Waals surface area contributed by atoms with Crippen LogP contribution < -0.4 is 0 Å². The predicted molar refractivity (Wildman–Crippen MR) is 196 cm³/mol. The molecule has 0 atom stereocenters. The van der Waals surface area contributed by atoms with Gasteiger partial charge in [0.1, 0.15) is 5.75 Å². The third-order valence-corrected chi connectivity index (χ3v) is 8.25. The number of carboxylic acid groups (broad SMARTS) is 1. The lowest BCUT2D eigenvalue weighted by Crippen LogP contribution is -1.97. The molecule has 1 rings (SSSR count). The van der Waals surface area contributed by atoms with Gasteiger partial charge < -0.3 is 10.2 Å². The number of hydrogen-bond acceptors (Lipinski definition) is 2. The fourth-order valence-corrected chi connectivity index (χ4v) is 5.10. The molecule has 0 unspecified atom stereocenters.